The fraction of sp³-hybridized carbons (Fsp3) is 1.00. The summed E-state index contributed by atoms with van der Waals surface area (Å²) < 4.78 is 0. The maximum Gasteiger partial charge on any atom is 0.100 e. The standard InChI is InChI=1S/2C3H8O3.C2H7N.B/c2*4-1-3(6)2-5;1-3-2;/h2*3-6H,1-2H2;3H,1-2H3;. The third-order valence-electron chi connectivity index (χ3n) is 0.843. The van der Waals surface area contributed by atoms with Gasteiger partial charge in [-0.1, -0.05) is 0 Å². The van der Waals surface area contributed by atoms with Crippen LogP contribution in [0.25, 0.3) is 0 Å². The molecule has 0 aliphatic heterocycles. The van der Waals surface area contributed by atoms with Crippen LogP contribution in [0.3, 0.4) is 0 Å². The first kappa shape index (κ1) is 24.8. The van der Waals surface area contributed by atoms with Crippen molar-refractivity contribution in [1.29, 1.82) is 0 Å². The normalized spacial score (nSPS) is 8.62. The second kappa shape index (κ2) is 24.2. The van der Waals surface area contributed by atoms with Gasteiger partial charge in [-0.2, -0.15) is 0 Å². The summed E-state index contributed by atoms with van der Waals surface area (Å²) in [5, 5.41) is 50.8. The third-order valence-corrected chi connectivity index (χ3v) is 0.843. The zero-order chi connectivity index (χ0) is 12.7. The number of hydrogen-bond donors (Lipinski definition) is 7. The molecule has 7 N–H and O–H groups in total. The van der Waals surface area contributed by atoms with E-state index in [0.29, 0.717) is 0 Å². The first-order valence-electron chi connectivity index (χ1n) is 4.41. The zero-order valence-electron chi connectivity index (χ0n) is 9.74. The van der Waals surface area contributed by atoms with E-state index in [2.05, 4.69) is 5.32 Å². The molecule has 0 aliphatic carbocycles. The van der Waals surface area contributed by atoms with E-state index in [0.717, 1.165) is 0 Å². The lowest BCUT2D eigenvalue weighted by Gasteiger charge is -1.96. The molecule has 0 aromatic rings. The predicted molar refractivity (Wildman–Crippen MR) is 61.1 cm³/mol. The lowest BCUT2D eigenvalue weighted by molar-refractivity contribution is 0.0450. The number of hydrogen-bond acceptors (Lipinski definition) is 7. The Morgan fingerprint density at radius 2 is 0.875 bits per heavy atom. The van der Waals surface area contributed by atoms with Gasteiger partial charge in [-0.05, 0) is 14.1 Å². The van der Waals surface area contributed by atoms with Crippen LogP contribution in [-0.2, 0) is 0 Å². The first-order valence-corrected chi connectivity index (χ1v) is 4.41. The molecular weight excluding hydrogens is 217 g/mol. The van der Waals surface area contributed by atoms with Gasteiger partial charge in [0.1, 0.15) is 12.2 Å². The Labute approximate surface area is 97.9 Å². The lowest BCUT2D eigenvalue weighted by Crippen LogP contribution is -2.15. The number of aliphatic hydroxyl groups excluding tert-OH is 6. The highest BCUT2D eigenvalue weighted by molar-refractivity contribution is 5.75. The molecule has 16 heavy (non-hydrogen) atoms. The van der Waals surface area contributed by atoms with Crippen LogP contribution in [0.1, 0.15) is 0 Å². The number of rotatable bonds is 4. The molecule has 0 bridgehead atoms. The summed E-state index contributed by atoms with van der Waals surface area (Å²) in [5.74, 6) is 0. The van der Waals surface area contributed by atoms with Crippen LogP contribution in [0.5, 0.6) is 0 Å². The van der Waals surface area contributed by atoms with Gasteiger partial charge in [0.2, 0.25) is 0 Å². The summed E-state index contributed by atoms with van der Waals surface area (Å²) in [7, 11) is 3.75. The van der Waals surface area contributed by atoms with Crippen LogP contribution in [-0.4, -0.2) is 91.8 Å². The van der Waals surface area contributed by atoms with Gasteiger partial charge < -0.3 is 36.0 Å². The molecule has 0 amide bonds. The van der Waals surface area contributed by atoms with Crippen LogP contribution in [0, 0.1) is 0 Å². The topological polar surface area (TPSA) is 133 Å². The molecule has 0 aromatic heterocycles. The molecule has 99 valence electrons. The van der Waals surface area contributed by atoms with Gasteiger partial charge in [0.15, 0.2) is 0 Å². The Kier molecular flexibility index (Phi) is 37.5. The molecule has 0 fully saturated rings. The molecule has 0 rings (SSSR count). The highest BCUT2D eigenvalue weighted by atomic mass is 16.3. The summed E-state index contributed by atoms with van der Waals surface area (Å²) in [6, 6.07) is 0. The average Bonchev–Trinajstić information content (AvgIpc) is 2.28. The van der Waals surface area contributed by atoms with E-state index in [1.54, 1.807) is 0 Å². The van der Waals surface area contributed by atoms with Gasteiger partial charge in [-0.3, -0.25) is 0 Å². The molecule has 8 heteroatoms. The van der Waals surface area contributed by atoms with Crippen molar-refractivity contribution in [3.8, 4) is 0 Å². The third kappa shape index (κ3) is 37.2. The Bertz CT molecular complexity index is 82.6. The Balaban J connectivity index is -0.0000000692. The summed E-state index contributed by atoms with van der Waals surface area (Å²) >= 11 is 0. The van der Waals surface area contributed by atoms with Crippen molar-refractivity contribution >= 4 is 8.41 Å². The second-order valence-corrected chi connectivity index (χ2v) is 2.54. The van der Waals surface area contributed by atoms with Gasteiger partial charge in [-0.25, -0.2) is 0 Å². The van der Waals surface area contributed by atoms with Crippen molar-refractivity contribution in [1.82, 2.24) is 5.32 Å². The molecule has 0 spiro atoms. The van der Waals surface area contributed by atoms with Crippen molar-refractivity contribution in [2.24, 2.45) is 0 Å². The SMILES string of the molecule is CNC.OCC(O)CO.OCC(O)CO.[B]. The van der Waals surface area contributed by atoms with Gasteiger partial charge in [-0.15, -0.1) is 0 Å². The molecule has 0 heterocycles. The van der Waals surface area contributed by atoms with Crippen LogP contribution in [0.2, 0.25) is 0 Å². The molecule has 7 nitrogen and oxygen atoms in total. The highest BCUT2D eigenvalue weighted by Gasteiger charge is 1.94. The van der Waals surface area contributed by atoms with E-state index in [1.807, 2.05) is 14.1 Å². The van der Waals surface area contributed by atoms with E-state index in [-0.39, 0.29) is 34.8 Å². The summed E-state index contributed by atoms with van der Waals surface area (Å²) in [6.07, 6.45) is -1.91. The van der Waals surface area contributed by atoms with Crippen LogP contribution >= 0.6 is 0 Å². The maximum absolute atomic E-state index is 8.17. The molecule has 0 saturated carbocycles. The van der Waals surface area contributed by atoms with Gasteiger partial charge in [0, 0.05) is 8.41 Å². The molecule has 0 unspecified atom stereocenters. The Hall–Kier alpha value is -0.215. The van der Waals surface area contributed by atoms with Gasteiger partial charge >= 0.3 is 0 Å². The fourth-order valence-electron chi connectivity index (χ4n) is 0.115. The van der Waals surface area contributed by atoms with Crippen molar-refractivity contribution in [2.45, 2.75) is 12.2 Å². The largest absolute Gasteiger partial charge is 0.394 e. The van der Waals surface area contributed by atoms with Crippen molar-refractivity contribution in [3.63, 3.8) is 0 Å². The molecule has 0 saturated heterocycles. The quantitative estimate of drug-likeness (QED) is 0.250. The minimum Gasteiger partial charge on any atom is -0.394 e. The first-order chi connectivity index (χ1) is 7.03. The monoisotopic (exact) mass is 240 g/mol. The van der Waals surface area contributed by atoms with Crippen molar-refractivity contribution < 1.29 is 30.6 Å². The van der Waals surface area contributed by atoms with Gasteiger partial charge in [0.05, 0.1) is 26.4 Å². The van der Waals surface area contributed by atoms with Crippen LogP contribution in [0.4, 0.5) is 0 Å². The lowest BCUT2D eigenvalue weighted by atomic mass is 10.4. The maximum atomic E-state index is 8.17. The predicted octanol–water partition coefficient (Wildman–Crippen LogP) is -3.88. The summed E-state index contributed by atoms with van der Waals surface area (Å²) in [5.41, 5.74) is 0. The van der Waals surface area contributed by atoms with Crippen LogP contribution < -0.4 is 5.32 Å². The molecule has 0 aromatic carbocycles. The fourth-order valence-corrected chi connectivity index (χ4v) is 0.115. The summed E-state index contributed by atoms with van der Waals surface area (Å²) in [6.45, 7) is -1.46. The van der Waals surface area contributed by atoms with Gasteiger partial charge in [0.25, 0.3) is 0 Å². The van der Waals surface area contributed by atoms with Crippen LogP contribution in [0.15, 0.2) is 0 Å². The van der Waals surface area contributed by atoms with E-state index >= 15 is 0 Å². The average molecular weight is 240 g/mol. The number of nitrogens with one attached hydrogen (secondary N) is 1. The smallest absolute Gasteiger partial charge is 0.100 e. The minimum absolute atomic E-state index is 0. The molecule has 0 atom stereocenters. The van der Waals surface area contributed by atoms with E-state index in [1.165, 1.54) is 0 Å². The summed E-state index contributed by atoms with van der Waals surface area (Å²) in [4.78, 5) is 0. The molecular formula is C8H23BNO6. The zero-order valence-corrected chi connectivity index (χ0v) is 9.74. The highest BCUT2D eigenvalue weighted by Crippen LogP contribution is 1.72. The van der Waals surface area contributed by atoms with Crippen molar-refractivity contribution in [3.05, 3.63) is 0 Å². The number of aliphatic hydroxyl groups is 6. The van der Waals surface area contributed by atoms with E-state index in [9.17, 15) is 0 Å². The van der Waals surface area contributed by atoms with Crippen molar-refractivity contribution in [2.75, 3.05) is 40.5 Å². The second-order valence-electron chi connectivity index (χ2n) is 2.54. The molecule has 0 aliphatic rings. The van der Waals surface area contributed by atoms with E-state index in [4.69, 9.17) is 30.6 Å². The van der Waals surface area contributed by atoms with E-state index < -0.39 is 12.2 Å². The molecule has 3 radical (unpaired) electrons. The Morgan fingerprint density at radius 1 is 0.750 bits per heavy atom. The minimum atomic E-state index is -0.954. The Morgan fingerprint density at radius 3 is 0.875 bits per heavy atom.